The Balaban J connectivity index is 1.69. The lowest BCUT2D eigenvalue weighted by Gasteiger charge is -2.21. The smallest absolute Gasteiger partial charge is 0.251 e. The van der Waals surface area contributed by atoms with Crippen molar-refractivity contribution in [1.29, 1.82) is 0 Å². The first-order chi connectivity index (χ1) is 13.5. The number of nitrogens with one attached hydrogen (secondary N) is 1. The van der Waals surface area contributed by atoms with Crippen LogP contribution in [0.4, 0.5) is 0 Å². The van der Waals surface area contributed by atoms with Gasteiger partial charge in [-0.2, -0.15) is 4.31 Å². The summed E-state index contributed by atoms with van der Waals surface area (Å²) in [5.41, 5.74) is 2.52. The second-order valence-electron chi connectivity index (χ2n) is 7.91. The summed E-state index contributed by atoms with van der Waals surface area (Å²) in [5.74, 6) is -0.205. The minimum Gasteiger partial charge on any atom is -0.352 e. The maximum atomic E-state index is 13.1. The highest BCUT2D eigenvalue weighted by Crippen LogP contribution is 2.24. The van der Waals surface area contributed by atoms with Gasteiger partial charge in [0.05, 0.1) is 4.90 Å². The summed E-state index contributed by atoms with van der Waals surface area (Å²) in [6.45, 7) is 3.51. The molecule has 1 aromatic rings. The molecular weight excluding hydrogens is 372 g/mol. The highest BCUT2D eigenvalue weighted by atomic mass is 32.2. The van der Waals surface area contributed by atoms with Crippen LogP contribution in [0.25, 0.3) is 0 Å². The van der Waals surface area contributed by atoms with E-state index >= 15 is 0 Å². The third-order valence-corrected chi connectivity index (χ3v) is 7.79. The second-order valence-corrected chi connectivity index (χ2v) is 9.82. The average Bonchev–Trinajstić information content (AvgIpc) is 2.99. The van der Waals surface area contributed by atoms with Crippen LogP contribution in [0.3, 0.4) is 0 Å². The van der Waals surface area contributed by atoms with E-state index in [4.69, 9.17) is 0 Å². The Morgan fingerprint density at radius 1 is 1.07 bits per heavy atom. The lowest BCUT2D eigenvalue weighted by Crippen LogP contribution is -2.32. The molecule has 6 heteroatoms. The normalized spacial score (nSPS) is 19.0. The van der Waals surface area contributed by atoms with E-state index in [0.717, 1.165) is 44.9 Å². The SMILES string of the molecule is Cc1ccc(C(=O)NCCC2=CCCCC2)cc1S(=O)(=O)N1CCCCCC1. The number of hydrogen-bond acceptors (Lipinski definition) is 3. The molecule has 1 heterocycles. The fourth-order valence-electron chi connectivity index (χ4n) is 4.01. The summed E-state index contributed by atoms with van der Waals surface area (Å²) in [6, 6.07) is 5.00. The van der Waals surface area contributed by atoms with E-state index in [1.54, 1.807) is 29.4 Å². The Labute approximate surface area is 169 Å². The molecule has 5 nitrogen and oxygen atoms in total. The van der Waals surface area contributed by atoms with E-state index in [1.807, 2.05) is 0 Å². The molecule has 3 rings (SSSR count). The molecule has 0 unspecified atom stereocenters. The fourth-order valence-corrected chi connectivity index (χ4v) is 5.78. The van der Waals surface area contributed by atoms with Crippen LogP contribution < -0.4 is 5.32 Å². The van der Waals surface area contributed by atoms with Crippen molar-refractivity contribution in [2.24, 2.45) is 0 Å². The predicted octanol–water partition coefficient (Wildman–Crippen LogP) is 4.18. The summed E-state index contributed by atoms with van der Waals surface area (Å²) >= 11 is 0. The van der Waals surface area contributed by atoms with Crippen LogP contribution in [0.15, 0.2) is 34.7 Å². The van der Waals surface area contributed by atoms with E-state index < -0.39 is 10.0 Å². The number of nitrogens with zero attached hydrogens (tertiary/aromatic N) is 1. The van der Waals surface area contributed by atoms with Crippen LogP contribution in [0, 0.1) is 6.92 Å². The van der Waals surface area contributed by atoms with Crippen molar-refractivity contribution in [3.8, 4) is 0 Å². The molecule has 1 saturated heterocycles. The Morgan fingerprint density at radius 3 is 2.50 bits per heavy atom. The first kappa shape index (κ1) is 21.1. The summed E-state index contributed by atoms with van der Waals surface area (Å²) < 4.78 is 27.9. The van der Waals surface area contributed by atoms with Crippen LogP contribution in [-0.4, -0.2) is 38.3 Å². The quantitative estimate of drug-likeness (QED) is 0.723. The average molecular weight is 405 g/mol. The lowest BCUT2D eigenvalue weighted by atomic mass is 9.97. The minimum atomic E-state index is -3.57. The van der Waals surface area contributed by atoms with Crippen LogP contribution in [0.2, 0.25) is 0 Å². The van der Waals surface area contributed by atoms with Crippen LogP contribution in [0.1, 0.15) is 73.7 Å². The third-order valence-electron chi connectivity index (χ3n) is 5.75. The number of amides is 1. The van der Waals surface area contributed by atoms with Gasteiger partial charge in [0, 0.05) is 25.2 Å². The number of aryl methyl sites for hydroxylation is 1. The molecular formula is C22H32N2O3S. The van der Waals surface area contributed by atoms with Gasteiger partial charge in [-0.3, -0.25) is 4.79 Å². The van der Waals surface area contributed by atoms with Gasteiger partial charge < -0.3 is 5.32 Å². The van der Waals surface area contributed by atoms with E-state index in [2.05, 4.69) is 11.4 Å². The number of rotatable bonds is 6. The molecule has 0 aromatic heterocycles. The molecule has 1 amide bonds. The second kappa shape index (κ2) is 9.70. The summed E-state index contributed by atoms with van der Waals surface area (Å²) in [5, 5.41) is 2.95. The highest BCUT2D eigenvalue weighted by Gasteiger charge is 2.27. The number of sulfonamides is 1. The molecule has 28 heavy (non-hydrogen) atoms. The van der Waals surface area contributed by atoms with Crippen LogP contribution in [-0.2, 0) is 10.0 Å². The van der Waals surface area contributed by atoms with Crippen molar-refractivity contribution in [2.75, 3.05) is 19.6 Å². The van der Waals surface area contributed by atoms with Crippen molar-refractivity contribution in [3.05, 3.63) is 41.0 Å². The Morgan fingerprint density at radius 2 is 1.82 bits per heavy atom. The monoisotopic (exact) mass is 404 g/mol. The molecule has 1 aliphatic heterocycles. The van der Waals surface area contributed by atoms with Crippen molar-refractivity contribution in [2.45, 2.75) is 69.6 Å². The van der Waals surface area contributed by atoms with E-state index in [0.29, 0.717) is 30.8 Å². The molecule has 1 aliphatic carbocycles. The van der Waals surface area contributed by atoms with Crippen LogP contribution >= 0.6 is 0 Å². The fraction of sp³-hybridized carbons (Fsp3) is 0.591. The van der Waals surface area contributed by atoms with Gasteiger partial charge in [0.1, 0.15) is 0 Å². The molecule has 0 spiro atoms. The van der Waals surface area contributed by atoms with Gasteiger partial charge >= 0.3 is 0 Å². The number of allylic oxidation sites excluding steroid dienone is 1. The molecule has 0 radical (unpaired) electrons. The van der Waals surface area contributed by atoms with E-state index in [9.17, 15) is 13.2 Å². The highest BCUT2D eigenvalue weighted by molar-refractivity contribution is 7.89. The maximum absolute atomic E-state index is 13.1. The Bertz CT molecular complexity index is 822. The minimum absolute atomic E-state index is 0.205. The summed E-state index contributed by atoms with van der Waals surface area (Å²) in [7, 11) is -3.57. The first-order valence-corrected chi connectivity index (χ1v) is 12.0. The molecule has 0 saturated carbocycles. The predicted molar refractivity (Wildman–Crippen MR) is 112 cm³/mol. The number of carbonyl (C=O) groups is 1. The first-order valence-electron chi connectivity index (χ1n) is 10.6. The van der Waals surface area contributed by atoms with Gasteiger partial charge in [-0.15, -0.1) is 0 Å². The molecule has 1 aromatic carbocycles. The lowest BCUT2D eigenvalue weighted by molar-refractivity contribution is 0.0954. The van der Waals surface area contributed by atoms with E-state index in [-0.39, 0.29) is 10.8 Å². The molecule has 1 fully saturated rings. The van der Waals surface area contributed by atoms with Gasteiger partial charge in [0.25, 0.3) is 5.91 Å². The number of benzene rings is 1. The Kier molecular flexibility index (Phi) is 7.30. The van der Waals surface area contributed by atoms with Gasteiger partial charge in [-0.1, -0.05) is 30.6 Å². The summed E-state index contributed by atoms with van der Waals surface area (Å²) in [4.78, 5) is 12.8. The van der Waals surface area contributed by atoms with Crippen molar-refractivity contribution < 1.29 is 13.2 Å². The van der Waals surface area contributed by atoms with Gasteiger partial charge in [0.2, 0.25) is 10.0 Å². The van der Waals surface area contributed by atoms with Crippen molar-refractivity contribution in [1.82, 2.24) is 9.62 Å². The molecule has 154 valence electrons. The molecule has 1 N–H and O–H groups in total. The van der Waals surface area contributed by atoms with Crippen LogP contribution in [0.5, 0.6) is 0 Å². The zero-order valence-electron chi connectivity index (χ0n) is 16.9. The zero-order valence-corrected chi connectivity index (χ0v) is 17.7. The topological polar surface area (TPSA) is 66.5 Å². The molecule has 0 bridgehead atoms. The van der Waals surface area contributed by atoms with Gasteiger partial charge in [-0.25, -0.2) is 8.42 Å². The number of hydrogen-bond donors (Lipinski definition) is 1. The zero-order chi connectivity index (χ0) is 20.0. The maximum Gasteiger partial charge on any atom is 0.251 e. The third kappa shape index (κ3) is 5.23. The van der Waals surface area contributed by atoms with Crippen molar-refractivity contribution in [3.63, 3.8) is 0 Å². The van der Waals surface area contributed by atoms with Crippen molar-refractivity contribution >= 4 is 15.9 Å². The number of carbonyl (C=O) groups excluding carboxylic acids is 1. The van der Waals surface area contributed by atoms with Gasteiger partial charge in [-0.05, 0) is 69.6 Å². The Hall–Kier alpha value is -1.66. The van der Waals surface area contributed by atoms with E-state index in [1.165, 1.54) is 18.4 Å². The molecule has 2 aliphatic rings. The largest absolute Gasteiger partial charge is 0.352 e. The summed E-state index contributed by atoms with van der Waals surface area (Å²) in [6.07, 6.45) is 11.8. The molecule has 0 atom stereocenters. The standard InChI is InChI=1S/C22H32N2O3S/c1-18-11-12-20(22(25)23-14-13-19-9-5-4-6-10-19)17-21(18)28(26,27)24-15-7-2-3-8-16-24/h9,11-12,17H,2-8,10,13-16H2,1H3,(H,23,25). The van der Waals surface area contributed by atoms with Gasteiger partial charge in [0.15, 0.2) is 0 Å².